The highest BCUT2D eigenvalue weighted by atomic mass is 32.1. The minimum Gasteiger partial charge on any atom is -0.382 e. The van der Waals surface area contributed by atoms with E-state index in [0.717, 1.165) is 6.54 Å². The van der Waals surface area contributed by atoms with Gasteiger partial charge in [-0.05, 0) is 13.0 Å². The zero-order valence-electron chi connectivity index (χ0n) is 8.16. The molecule has 3 heteroatoms. The van der Waals surface area contributed by atoms with Gasteiger partial charge in [0, 0.05) is 28.1 Å². The highest BCUT2D eigenvalue weighted by molar-refractivity contribution is 7.17. The summed E-state index contributed by atoms with van der Waals surface area (Å²) in [6.07, 6.45) is 0. The predicted octanol–water partition coefficient (Wildman–Crippen LogP) is 2.66. The number of benzene rings is 1. The smallest absolute Gasteiger partial charge is 0.0529 e. The van der Waals surface area contributed by atoms with Crippen LogP contribution < -0.4 is 11.1 Å². The van der Waals surface area contributed by atoms with Crippen LogP contribution in [0.5, 0.6) is 0 Å². The first kappa shape index (κ1) is 9.49. The Morgan fingerprint density at radius 2 is 2.21 bits per heavy atom. The monoisotopic (exact) mass is 206 g/mol. The Hall–Kier alpha value is -1.06. The lowest BCUT2D eigenvalue weighted by atomic mass is 10.2. The zero-order chi connectivity index (χ0) is 9.97. The summed E-state index contributed by atoms with van der Waals surface area (Å²) in [5.74, 6) is 0. The van der Waals surface area contributed by atoms with Gasteiger partial charge in [0.2, 0.25) is 0 Å². The normalized spacial score (nSPS) is 13.0. The molecule has 14 heavy (non-hydrogen) atoms. The van der Waals surface area contributed by atoms with E-state index in [-0.39, 0.29) is 6.04 Å². The number of rotatable bonds is 3. The Bertz CT molecular complexity index is 420. The van der Waals surface area contributed by atoms with Crippen molar-refractivity contribution in [2.45, 2.75) is 13.0 Å². The highest BCUT2D eigenvalue weighted by Crippen LogP contribution is 2.29. The van der Waals surface area contributed by atoms with Gasteiger partial charge in [0.1, 0.15) is 0 Å². The van der Waals surface area contributed by atoms with Gasteiger partial charge in [-0.15, -0.1) is 11.3 Å². The summed E-state index contributed by atoms with van der Waals surface area (Å²) in [5.41, 5.74) is 6.89. The molecule has 0 radical (unpaired) electrons. The van der Waals surface area contributed by atoms with Crippen LogP contribution in [-0.2, 0) is 0 Å². The second kappa shape index (κ2) is 3.98. The van der Waals surface area contributed by atoms with Gasteiger partial charge in [0.05, 0.1) is 5.69 Å². The maximum atomic E-state index is 5.69. The minimum absolute atomic E-state index is 0.189. The molecule has 1 aromatic heterocycles. The molecule has 1 atom stereocenters. The van der Waals surface area contributed by atoms with Crippen LogP contribution in [0, 0.1) is 0 Å². The third-order valence-electron chi connectivity index (χ3n) is 2.10. The number of nitrogens with two attached hydrogens (primary N) is 1. The molecule has 2 nitrogen and oxygen atoms in total. The van der Waals surface area contributed by atoms with Crippen molar-refractivity contribution in [3.63, 3.8) is 0 Å². The maximum absolute atomic E-state index is 5.69. The van der Waals surface area contributed by atoms with Crippen molar-refractivity contribution >= 4 is 27.1 Å². The summed E-state index contributed by atoms with van der Waals surface area (Å²) < 4.78 is 1.32. The molecule has 0 fully saturated rings. The summed E-state index contributed by atoms with van der Waals surface area (Å²) in [6.45, 7) is 2.82. The predicted molar refractivity (Wildman–Crippen MR) is 64.0 cm³/mol. The Labute approximate surface area is 87.7 Å². The molecule has 0 aliphatic carbocycles. The van der Waals surface area contributed by atoms with E-state index < -0.39 is 0 Å². The first-order chi connectivity index (χ1) is 6.77. The topological polar surface area (TPSA) is 38.0 Å². The first-order valence-electron chi connectivity index (χ1n) is 4.73. The van der Waals surface area contributed by atoms with Crippen LogP contribution in [0.25, 0.3) is 10.1 Å². The third-order valence-corrected chi connectivity index (χ3v) is 3.06. The molecule has 0 bridgehead atoms. The van der Waals surface area contributed by atoms with E-state index in [1.807, 2.05) is 6.92 Å². The van der Waals surface area contributed by atoms with Gasteiger partial charge in [-0.1, -0.05) is 18.2 Å². The van der Waals surface area contributed by atoms with Gasteiger partial charge in [-0.3, -0.25) is 0 Å². The maximum Gasteiger partial charge on any atom is 0.0529 e. The van der Waals surface area contributed by atoms with Crippen molar-refractivity contribution in [2.24, 2.45) is 5.73 Å². The molecule has 3 N–H and O–H groups in total. The molecule has 1 unspecified atom stereocenters. The second-order valence-corrected chi connectivity index (χ2v) is 4.41. The van der Waals surface area contributed by atoms with E-state index in [1.165, 1.54) is 15.8 Å². The van der Waals surface area contributed by atoms with Crippen LogP contribution in [0.1, 0.15) is 6.92 Å². The summed E-state index contributed by atoms with van der Waals surface area (Å²) in [5, 5.41) is 6.79. The lowest BCUT2D eigenvalue weighted by molar-refractivity contribution is 0.781. The van der Waals surface area contributed by atoms with Crippen LogP contribution in [0.2, 0.25) is 0 Å². The SMILES string of the molecule is CC(N)CNc1csc2ccccc12. The Morgan fingerprint density at radius 3 is 3.00 bits per heavy atom. The van der Waals surface area contributed by atoms with E-state index >= 15 is 0 Å². The van der Waals surface area contributed by atoms with Crippen molar-refractivity contribution in [2.75, 3.05) is 11.9 Å². The molecule has 0 aliphatic heterocycles. The second-order valence-electron chi connectivity index (χ2n) is 3.50. The standard InChI is InChI=1S/C11H14N2S/c1-8(12)6-13-10-7-14-11-5-3-2-4-9(10)11/h2-5,7-8,13H,6,12H2,1H3. The van der Waals surface area contributed by atoms with Gasteiger partial charge >= 0.3 is 0 Å². The van der Waals surface area contributed by atoms with Gasteiger partial charge in [0.15, 0.2) is 0 Å². The van der Waals surface area contributed by atoms with Gasteiger partial charge in [-0.2, -0.15) is 0 Å². The lowest BCUT2D eigenvalue weighted by Gasteiger charge is -2.07. The van der Waals surface area contributed by atoms with Gasteiger partial charge in [0.25, 0.3) is 0 Å². The molecule has 1 aromatic carbocycles. The number of thiophene rings is 1. The van der Waals surface area contributed by atoms with Crippen LogP contribution in [0.15, 0.2) is 29.6 Å². The lowest BCUT2D eigenvalue weighted by Crippen LogP contribution is -2.24. The Kier molecular flexibility index (Phi) is 2.70. The molecule has 0 saturated carbocycles. The van der Waals surface area contributed by atoms with E-state index in [2.05, 4.69) is 35.0 Å². The molecule has 1 heterocycles. The molecule has 0 spiro atoms. The van der Waals surface area contributed by atoms with Crippen molar-refractivity contribution in [3.05, 3.63) is 29.6 Å². The van der Waals surface area contributed by atoms with E-state index in [9.17, 15) is 0 Å². The highest BCUT2D eigenvalue weighted by Gasteiger charge is 2.02. The van der Waals surface area contributed by atoms with Crippen molar-refractivity contribution < 1.29 is 0 Å². The van der Waals surface area contributed by atoms with Crippen LogP contribution in [0.4, 0.5) is 5.69 Å². The molecule has 2 aromatic rings. The van der Waals surface area contributed by atoms with Crippen LogP contribution >= 0.6 is 11.3 Å². The molecule has 0 amide bonds. The number of hydrogen-bond donors (Lipinski definition) is 2. The van der Waals surface area contributed by atoms with Crippen molar-refractivity contribution in [3.8, 4) is 0 Å². The number of nitrogens with one attached hydrogen (secondary N) is 1. The largest absolute Gasteiger partial charge is 0.382 e. The first-order valence-corrected chi connectivity index (χ1v) is 5.61. The zero-order valence-corrected chi connectivity index (χ0v) is 8.97. The third kappa shape index (κ3) is 1.89. The molecule has 74 valence electrons. The number of hydrogen-bond acceptors (Lipinski definition) is 3. The molecule has 0 saturated heterocycles. The average Bonchev–Trinajstić information content (AvgIpc) is 2.58. The molecular weight excluding hydrogens is 192 g/mol. The van der Waals surface area contributed by atoms with Gasteiger partial charge in [-0.25, -0.2) is 0 Å². The molecule has 0 aliphatic rings. The Balaban J connectivity index is 2.25. The van der Waals surface area contributed by atoms with Crippen LogP contribution in [-0.4, -0.2) is 12.6 Å². The fourth-order valence-corrected chi connectivity index (χ4v) is 2.30. The van der Waals surface area contributed by atoms with Crippen LogP contribution in [0.3, 0.4) is 0 Å². The fraction of sp³-hybridized carbons (Fsp3) is 0.273. The quantitative estimate of drug-likeness (QED) is 0.810. The molecular formula is C11H14N2S. The van der Waals surface area contributed by atoms with Crippen molar-refractivity contribution in [1.82, 2.24) is 0 Å². The van der Waals surface area contributed by atoms with E-state index in [0.29, 0.717) is 0 Å². The number of fused-ring (bicyclic) bond motifs is 1. The summed E-state index contributed by atoms with van der Waals surface area (Å²) in [6, 6.07) is 8.58. The Morgan fingerprint density at radius 1 is 1.43 bits per heavy atom. The van der Waals surface area contributed by atoms with Gasteiger partial charge < -0.3 is 11.1 Å². The van der Waals surface area contributed by atoms with E-state index in [1.54, 1.807) is 11.3 Å². The summed E-state index contributed by atoms with van der Waals surface area (Å²) in [4.78, 5) is 0. The average molecular weight is 206 g/mol. The van der Waals surface area contributed by atoms with E-state index in [4.69, 9.17) is 5.73 Å². The summed E-state index contributed by atoms with van der Waals surface area (Å²) >= 11 is 1.76. The molecule has 2 rings (SSSR count). The summed E-state index contributed by atoms with van der Waals surface area (Å²) in [7, 11) is 0. The number of anilines is 1. The fourth-order valence-electron chi connectivity index (χ4n) is 1.39. The minimum atomic E-state index is 0.189. The van der Waals surface area contributed by atoms with Crippen molar-refractivity contribution in [1.29, 1.82) is 0 Å².